The van der Waals surface area contributed by atoms with Crippen LogP contribution in [0.15, 0.2) is 12.1 Å². The Morgan fingerprint density at radius 3 is 2.20 bits per heavy atom. The van der Waals surface area contributed by atoms with E-state index in [4.69, 9.17) is 21.1 Å². The number of rotatable bonds is 3. The van der Waals surface area contributed by atoms with Crippen LogP contribution in [0, 0.1) is 0 Å². The van der Waals surface area contributed by atoms with Crippen molar-refractivity contribution in [2.24, 2.45) is 0 Å². The number of halogens is 1. The molecule has 5 nitrogen and oxygen atoms in total. The van der Waals surface area contributed by atoms with Crippen molar-refractivity contribution >= 4 is 23.2 Å². The second-order valence-electron chi connectivity index (χ2n) is 4.65. The van der Waals surface area contributed by atoms with E-state index in [1.54, 1.807) is 27.2 Å². The topological polar surface area (TPSA) is 42.0 Å². The zero-order chi connectivity index (χ0) is 14.7. The Kier molecular flexibility index (Phi) is 4.60. The number of hydrogen-bond donors (Lipinski definition) is 0. The first-order valence-corrected chi connectivity index (χ1v) is 6.86. The van der Waals surface area contributed by atoms with Gasteiger partial charge in [0.05, 0.1) is 24.9 Å². The van der Waals surface area contributed by atoms with E-state index in [9.17, 15) is 4.79 Å². The van der Waals surface area contributed by atoms with Crippen LogP contribution in [0.5, 0.6) is 11.5 Å². The van der Waals surface area contributed by atoms with Crippen LogP contribution in [0.1, 0.15) is 6.92 Å². The first kappa shape index (κ1) is 14.8. The van der Waals surface area contributed by atoms with Crippen molar-refractivity contribution in [2.75, 3.05) is 45.3 Å². The summed E-state index contributed by atoms with van der Waals surface area (Å²) < 4.78 is 10.6. The maximum atomic E-state index is 11.4. The van der Waals surface area contributed by atoms with E-state index in [0.29, 0.717) is 29.6 Å². The van der Waals surface area contributed by atoms with Crippen molar-refractivity contribution in [1.82, 2.24) is 4.90 Å². The minimum atomic E-state index is 0.116. The molecule has 0 atom stereocenters. The van der Waals surface area contributed by atoms with Crippen LogP contribution in [0.4, 0.5) is 5.69 Å². The summed E-state index contributed by atoms with van der Waals surface area (Å²) in [4.78, 5) is 15.4. The Hall–Kier alpha value is -1.62. The number of benzene rings is 1. The van der Waals surface area contributed by atoms with E-state index in [0.717, 1.165) is 18.8 Å². The van der Waals surface area contributed by atoms with Gasteiger partial charge in [-0.3, -0.25) is 4.79 Å². The SMILES string of the molecule is COc1cc(N2CCN(C(C)=O)CC2)c(OC)cc1Cl. The minimum absolute atomic E-state index is 0.116. The lowest BCUT2D eigenvalue weighted by Gasteiger charge is -2.36. The summed E-state index contributed by atoms with van der Waals surface area (Å²) in [5, 5.41) is 0.524. The van der Waals surface area contributed by atoms with E-state index < -0.39 is 0 Å². The number of carbonyl (C=O) groups excluding carboxylic acids is 1. The smallest absolute Gasteiger partial charge is 0.219 e. The Balaban J connectivity index is 2.22. The normalized spacial score (nSPS) is 15.2. The van der Waals surface area contributed by atoms with E-state index in [1.165, 1.54) is 0 Å². The van der Waals surface area contributed by atoms with Crippen molar-refractivity contribution in [3.8, 4) is 11.5 Å². The average molecular weight is 299 g/mol. The molecular formula is C14H19ClN2O3. The molecule has 2 rings (SSSR count). The van der Waals surface area contributed by atoms with Gasteiger partial charge in [-0.25, -0.2) is 0 Å². The summed E-state index contributed by atoms with van der Waals surface area (Å²) in [6.45, 7) is 4.55. The van der Waals surface area contributed by atoms with Crippen LogP contribution in [-0.2, 0) is 4.79 Å². The highest BCUT2D eigenvalue weighted by Crippen LogP contribution is 2.38. The Bertz CT molecular complexity index is 499. The van der Waals surface area contributed by atoms with Gasteiger partial charge in [0, 0.05) is 45.2 Å². The van der Waals surface area contributed by atoms with Crippen molar-refractivity contribution in [3.05, 3.63) is 17.2 Å². The van der Waals surface area contributed by atoms with E-state index in [2.05, 4.69) is 4.90 Å². The molecule has 0 aromatic heterocycles. The van der Waals surface area contributed by atoms with Crippen molar-refractivity contribution in [1.29, 1.82) is 0 Å². The number of amides is 1. The largest absolute Gasteiger partial charge is 0.495 e. The predicted octanol–water partition coefficient (Wildman–Crippen LogP) is 2.03. The zero-order valence-electron chi connectivity index (χ0n) is 12.0. The van der Waals surface area contributed by atoms with Gasteiger partial charge in [0.2, 0.25) is 5.91 Å². The molecule has 1 saturated heterocycles. The third-order valence-corrected chi connectivity index (χ3v) is 3.81. The lowest BCUT2D eigenvalue weighted by molar-refractivity contribution is -0.129. The maximum Gasteiger partial charge on any atom is 0.219 e. The molecule has 6 heteroatoms. The number of methoxy groups -OCH3 is 2. The summed E-state index contributed by atoms with van der Waals surface area (Å²) >= 11 is 6.11. The van der Waals surface area contributed by atoms with Gasteiger partial charge in [0.25, 0.3) is 0 Å². The van der Waals surface area contributed by atoms with E-state index in [-0.39, 0.29) is 5.91 Å². The summed E-state index contributed by atoms with van der Waals surface area (Å²) in [6.07, 6.45) is 0. The molecule has 110 valence electrons. The molecule has 0 spiro atoms. The summed E-state index contributed by atoms with van der Waals surface area (Å²) in [5.41, 5.74) is 0.942. The zero-order valence-corrected chi connectivity index (χ0v) is 12.7. The van der Waals surface area contributed by atoms with Crippen LogP contribution < -0.4 is 14.4 Å². The molecule has 1 aliphatic heterocycles. The first-order valence-electron chi connectivity index (χ1n) is 6.48. The molecule has 1 heterocycles. The van der Waals surface area contributed by atoms with Gasteiger partial charge < -0.3 is 19.3 Å². The van der Waals surface area contributed by atoms with Crippen LogP contribution in [0.25, 0.3) is 0 Å². The number of anilines is 1. The van der Waals surface area contributed by atoms with Gasteiger partial charge in [0.1, 0.15) is 11.5 Å². The predicted molar refractivity (Wildman–Crippen MR) is 79.0 cm³/mol. The highest BCUT2D eigenvalue weighted by molar-refractivity contribution is 6.32. The molecule has 0 bridgehead atoms. The fourth-order valence-electron chi connectivity index (χ4n) is 2.35. The van der Waals surface area contributed by atoms with Crippen LogP contribution in [0.3, 0.4) is 0 Å². The summed E-state index contributed by atoms with van der Waals surface area (Å²) in [5.74, 6) is 1.45. The molecular weight excluding hydrogens is 280 g/mol. The Morgan fingerprint density at radius 1 is 1.10 bits per heavy atom. The van der Waals surface area contributed by atoms with E-state index >= 15 is 0 Å². The third kappa shape index (κ3) is 2.93. The number of piperazine rings is 1. The number of carbonyl (C=O) groups is 1. The van der Waals surface area contributed by atoms with Crippen LogP contribution in [0.2, 0.25) is 5.02 Å². The maximum absolute atomic E-state index is 11.4. The molecule has 1 aliphatic rings. The van der Waals surface area contributed by atoms with Gasteiger partial charge >= 0.3 is 0 Å². The number of ether oxygens (including phenoxy) is 2. The van der Waals surface area contributed by atoms with Gasteiger partial charge in [-0.1, -0.05) is 11.6 Å². The standard InChI is InChI=1S/C14H19ClN2O3/c1-10(18)16-4-6-17(7-5-16)12-9-13(19-2)11(15)8-14(12)20-3/h8-9H,4-7H2,1-3H3. The summed E-state index contributed by atoms with van der Waals surface area (Å²) in [6, 6.07) is 3.64. The van der Waals surface area contributed by atoms with Gasteiger partial charge in [-0.05, 0) is 0 Å². The Morgan fingerprint density at radius 2 is 1.70 bits per heavy atom. The average Bonchev–Trinajstić information content (AvgIpc) is 2.47. The molecule has 1 aromatic rings. The third-order valence-electron chi connectivity index (χ3n) is 3.52. The van der Waals surface area contributed by atoms with E-state index in [1.807, 2.05) is 11.0 Å². The second kappa shape index (κ2) is 6.22. The van der Waals surface area contributed by atoms with Gasteiger partial charge in [-0.2, -0.15) is 0 Å². The highest BCUT2D eigenvalue weighted by atomic mass is 35.5. The van der Waals surface area contributed by atoms with Gasteiger partial charge in [0.15, 0.2) is 0 Å². The second-order valence-corrected chi connectivity index (χ2v) is 5.06. The molecule has 1 amide bonds. The molecule has 0 N–H and O–H groups in total. The quantitative estimate of drug-likeness (QED) is 0.856. The Labute approximate surface area is 124 Å². The number of nitrogens with zero attached hydrogens (tertiary/aromatic N) is 2. The van der Waals surface area contributed by atoms with Crippen LogP contribution in [-0.4, -0.2) is 51.2 Å². The van der Waals surface area contributed by atoms with Crippen molar-refractivity contribution in [2.45, 2.75) is 6.92 Å². The molecule has 0 radical (unpaired) electrons. The molecule has 0 saturated carbocycles. The lowest BCUT2D eigenvalue weighted by Crippen LogP contribution is -2.48. The monoisotopic (exact) mass is 298 g/mol. The molecule has 0 aliphatic carbocycles. The number of hydrogen-bond acceptors (Lipinski definition) is 4. The van der Waals surface area contributed by atoms with Crippen LogP contribution >= 0.6 is 11.6 Å². The highest BCUT2D eigenvalue weighted by Gasteiger charge is 2.22. The molecule has 1 fully saturated rings. The van der Waals surface area contributed by atoms with Crippen molar-refractivity contribution < 1.29 is 14.3 Å². The molecule has 1 aromatic carbocycles. The molecule has 0 unspecified atom stereocenters. The fraction of sp³-hybridized carbons (Fsp3) is 0.500. The summed E-state index contributed by atoms with van der Waals surface area (Å²) in [7, 11) is 3.21. The lowest BCUT2D eigenvalue weighted by atomic mass is 10.2. The first-order chi connectivity index (χ1) is 9.56. The van der Waals surface area contributed by atoms with Gasteiger partial charge in [-0.15, -0.1) is 0 Å². The fourth-order valence-corrected chi connectivity index (χ4v) is 2.58. The minimum Gasteiger partial charge on any atom is -0.495 e. The molecule has 20 heavy (non-hydrogen) atoms. The van der Waals surface area contributed by atoms with Crippen molar-refractivity contribution in [3.63, 3.8) is 0 Å².